The maximum absolute atomic E-state index is 6.16. The van der Waals surface area contributed by atoms with Gasteiger partial charge in [0.25, 0.3) is 0 Å². The number of ether oxygens (including phenoxy) is 1. The van der Waals surface area contributed by atoms with Gasteiger partial charge >= 0.3 is 0 Å². The van der Waals surface area contributed by atoms with Crippen LogP contribution < -0.4 is 16.0 Å². The Labute approximate surface area is 134 Å². The Morgan fingerprint density at radius 3 is 2.52 bits per heavy atom. The average molecular weight is 323 g/mol. The van der Waals surface area contributed by atoms with E-state index in [4.69, 9.17) is 22.2 Å². The van der Waals surface area contributed by atoms with E-state index in [-0.39, 0.29) is 6.04 Å². The molecule has 0 aliphatic carbocycles. The molecule has 3 nitrogen and oxygen atoms in total. The van der Waals surface area contributed by atoms with Gasteiger partial charge in [-0.25, -0.2) is 0 Å². The molecule has 112 valence electrons. The van der Waals surface area contributed by atoms with Gasteiger partial charge in [-0.05, 0) is 36.8 Å². The predicted molar refractivity (Wildman–Crippen MR) is 89.9 cm³/mol. The highest BCUT2D eigenvalue weighted by Gasteiger charge is 2.11. The number of hydrazine groups is 1. The van der Waals surface area contributed by atoms with Crippen molar-refractivity contribution < 1.29 is 4.74 Å². The summed E-state index contributed by atoms with van der Waals surface area (Å²) in [5.74, 6) is 7.35. The number of nitrogens with two attached hydrogens (primary N) is 1. The first-order valence-corrected chi connectivity index (χ1v) is 8.17. The third kappa shape index (κ3) is 4.64. The Balaban J connectivity index is 2.01. The molecule has 3 N–H and O–H groups in total. The second-order valence-corrected chi connectivity index (χ2v) is 5.93. The molecule has 0 radical (unpaired) electrons. The summed E-state index contributed by atoms with van der Waals surface area (Å²) >= 11 is 7.85. The minimum atomic E-state index is 0.0574. The lowest BCUT2D eigenvalue weighted by atomic mass is 10.1. The van der Waals surface area contributed by atoms with Crippen LogP contribution in [0.3, 0.4) is 0 Å². The molecule has 0 bridgehead atoms. The second kappa shape index (κ2) is 8.29. The van der Waals surface area contributed by atoms with Crippen LogP contribution in [0.4, 0.5) is 0 Å². The molecule has 0 saturated carbocycles. The maximum atomic E-state index is 6.16. The number of nitrogens with one attached hydrogen (secondary N) is 1. The van der Waals surface area contributed by atoms with E-state index >= 15 is 0 Å². The summed E-state index contributed by atoms with van der Waals surface area (Å²) in [5.41, 5.74) is 3.98. The molecule has 0 heterocycles. The Hall–Kier alpha value is -1.20. The van der Waals surface area contributed by atoms with Gasteiger partial charge in [0.15, 0.2) is 0 Å². The summed E-state index contributed by atoms with van der Waals surface area (Å²) in [7, 11) is 0. The summed E-state index contributed by atoms with van der Waals surface area (Å²) in [6.07, 6.45) is 0. The van der Waals surface area contributed by atoms with Crippen LogP contribution in [0, 0.1) is 0 Å². The number of rotatable bonds is 7. The highest BCUT2D eigenvalue weighted by molar-refractivity contribution is 7.99. The van der Waals surface area contributed by atoms with E-state index in [1.807, 2.05) is 55.5 Å². The Morgan fingerprint density at radius 1 is 1.19 bits per heavy atom. The van der Waals surface area contributed by atoms with Crippen molar-refractivity contribution in [3.8, 4) is 5.75 Å². The normalized spacial score (nSPS) is 12.1. The van der Waals surface area contributed by atoms with Gasteiger partial charge in [-0.2, -0.15) is 0 Å². The first-order chi connectivity index (χ1) is 10.2. The van der Waals surface area contributed by atoms with Gasteiger partial charge in [-0.15, -0.1) is 11.8 Å². The van der Waals surface area contributed by atoms with Gasteiger partial charge in [0.05, 0.1) is 17.7 Å². The van der Waals surface area contributed by atoms with Crippen LogP contribution in [0.5, 0.6) is 5.75 Å². The van der Waals surface area contributed by atoms with Gasteiger partial charge in [-0.1, -0.05) is 35.9 Å². The fourth-order valence-corrected chi connectivity index (χ4v) is 3.25. The van der Waals surface area contributed by atoms with E-state index in [9.17, 15) is 0 Å². The van der Waals surface area contributed by atoms with Crippen LogP contribution >= 0.6 is 23.4 Å². The third-order valence-corrected chi connectivity index (χ3v) is 4.65. The minimum Gasteiger partial charge on any atom is -0.494 e. The monoisotopic (exact) mass is 322 g/mol. The largest absolute Gasteiger partial charge is 0.494 e. The van der Waals surface area contributed by atoms with Crippen LogP contribution in [0.2, 0.25) is 5.02 Å². The summed E-state index contributed by atoms with van der Waals surface area (Å²) in [6, 6.07) is 15.9. The Morgan fingerprint density at radius 2 is 1.90 bits per heavy atom. The molecule has 0 aliphatic rings. The summed E-state index contributed by atoms with van der Waals surface area (Å²) < 4.78 is 5.44. The molecule has 2 aromatic rings. The number of benzene rings is 2. The lowest BCUT2D eigenvalue weighted by molar-refractivity contribution is 0.340. The van der Waals surface area contributed by atoms with Gasteiger partial charge in [0.1, 0.15) is 5.75 Å². The number of hydrogen-bond donors (Lipinski definition) is 2. The van der Waals surface area contributed by atoms with Crippen molar-refractivity contribution in [1.82, 2.24) is 5.43 Å². The van der Waals surface area contributed by atoms with E-state index in [0.29, 0.717) is 6.61 Å². The quantitative estimate of drug-likeness (QED) is 0.459. The highest BCUT2D eigenvalue weighted by Crippen LogP contribution is 2.30. The number of halogens is 1. The van der Waals surface area contributed by atoms with Gasteiger partial charge in [0, 0.05) is 10.6 Å². The van der Waals surface area contributed by atoms with Crippen molar-refractivity contribution in [3.63, 3.8) is 0 Å². The molecule has 0 fully saturated rings. The molecule has 0 spiro atoms. The first kappa shape index (κ1) is 16.2. The molecule has 2 rings (SSSR count). The van der Waals surface area contributed by atoms with Crippen molar-refractivity contribution >= 4 is 23.4 Å². The zero-order chi connectivity index (χ0) is 15.1. The lowest BCUT2D eigenvalue weighted by Crippen LogP contribution is -2.29. The van der Waals surface area contributed by atoms with Crippen LogP contribution in [0.25, 0.3) is 0 Å². The molecule has 0 aromatic heterocycles. The molecule has 0 aliphatic heterocycles. The van der Waals surface area contributed by atoms with E-state index in [0.717, 1.165) is 27.0 Å². The van der Waals surface area contributed by atoms with Crippen molar-refractivity contribution in [3.05, 3.63) is 59.1 Å². The number of thioether (sulfide) groups is 1. The lowest BCUT2D eigenvalue weighted by Gasteiger charge is -2.17. The molecule has 1 atom stereocenters. The smallest absolute Gasteiger partial charge is 0.119 e. The van der Waals surface area contributed by atoms with Crippen LogP contribution in [-0.2, 0) is 0 Å². The molecule has 1 unspecified atom stereocenters. The fraction of sp³-hybridized carbons (Fsp3) is 0.250. The topological polar surface area (TPSA) is 47.3 Å². The standard InChI is InChI=1S/C16H19ClN2OS/c1-2-20-13-9-7-12(8-10-13)15(19-18)11-21-16-6-4-3-5-14(16)17/h3-10,15,19H,2,11,18H2,1H3. The van der Waals surface area contributed by atoms with Gasteiger partial charge < -0.3 is 4.74 Å². The molecule has 0 amide bonds. The summed E-state index contributed by atoms with van der Waals surface area (Å²) in [6.45, 7) is 2.64. The number of hydrogen-bond acceptors (Lipinski definition) is 4. The molecular formula is C16H19ClN2OS. The van der Waals surface area contributed by atoms with Crippen LogP contribution in [-0.4, -0.2) is 12.4 Å². The van der Waals surface area contributed by atoms with Crippen molar-refractivity contribution in [2.75, 3.05) is 12.4 Å². The predicted octanol–water partition coefficient (Wildman–Crippen LogP) is 4.04. The van der Waals surface area contributed by atoms with E-state index in [2.05, 4.69) is 5.43 Å². The molecule has 2 aromatic carbocycles. The van der Waals surface area contributed by atoms with Gasteiger partial charge in [0.2, 0.25) is 0 Å². The van der Waals surface area contributed by atoms with Crippen molar-refractivity contribution in [1.29, 1.82) is 0 Å². The van der Waals surface area contributed by atoms with E-state index in [1.165, 1.54) is 0 Å². The molecular weight excluding hydrogens is 304 g/mol. The first-order valence-electron chi connectivity index (χ1n) is 6.80. The fourth-order valence-electron chi connectivity index (χ4n) is 1.94. The average Bonchev–Trinajstić information content (AvgIpc) is 2.51. The summed E-state index contributed by atoms with van der Waals surface area (Å²) in [5, 5.41) is 0.768. The van der Waals surface area contributed by atoms with Gasteiger partial charge in [-0.3, -0.25) is 11.3 Å². The van der Waals surface area contributed by atoms with Crippen molar-refractivity contribution in [2.24, 2.45) is 5.84 Å². The summed E-state index contributed by atoms with van der Waals surface area (Å²) in [4.78, 5) is 1.06. The van der Waals surface area contributed by atoms with E-state index in [1.54, 1.807) is 11.8 Å². The second-order valence-electron chi connectivity index (χ2n) is 4.46. The zero-order valence-corrected chi connectivity index (χ0v) is 13.5. The zero-order valence-electron chi connectivity index (χ0n) is 11.9. The van der Waals surface area contributed by atoms with E-state index < -0.39 is 0 Å². The van der Waals surface area contributed by atoms with Crippen molar-refractivity contribution in [2.45, 2.75) is 17.9 Å². The SMILES string of the molecule is CCOc1ccc(C(CSc2ccccc2Cl)NN)cc1. The third-order valence-electron chi connectivity index (χ3n) is 3.04. The van der Waals surface area contributed by atoms with Crippen LogP contribution in [0.15, 0.2) is 53.4 Å². The maximum Gasteiger partial charge on any atom is 0.119 e. The molecule has 21 heavy (non-hydrogen) atoms. The highest BCUT2D eigenvalue weighted by atomic mass is 35.5. The Bertz CT molecular complexity index is 562. The Kier molecular flexibility index (Phi) is 6.39. The van der Waals surface area contributed by atoms with Crippen LogP contribution in [0.1, 0.15) is 18.5 Å². The molecule has 5 heteroatoms. The molecule has 0 saturated heterocycles. The minimum absolute atomic E-state index is 0.0574.